The second-order valence-electron chi connectivity index (χ2n) is 6.67. The lowest BCUT2D eigenvalue weighted by Gasteiger charge is -2.25. The Labute approximate surface area is 159 Å². The number of nitriles is 1. The first-order chi connectivity index (χ1) is 12.6. The van der Waals surface area contributed by atoms with E-state index in [0.717, 1.165) is 44.0 Å². The number of aromatic amines is 1. The Bertz CT molecular complexity index is 838. The fourth-order valence-electron chi connectivity index (χ4n) is 3.26. The normalized spacial score (nSPS) is 14.8. The van der Waals surface area contributed by atoms with Crippen molar-refractivity contribution in [2.45, 2.75) is 26.4 Å². The standard InChI is InChI=1S/C20H24N4OS/c1-15(2)25-17-6-4-16(5-7-17)23-10-3-11-24(13-12-23)19-8-9-22-20(26)18(19)14-21/h4-9,15H,3,10-13H2,1-2H3,(H,22,26). The van der Waals surface area contributed by atoms with Crippen LogP contribution in [0.2, 0.25) is 0 Å². The van der Waals surface area contributed by atoms with Crippen molar-refractivity contribution in [2.24, 2.45) is 0 Å². The highest BCUT2D eigenvalue weighted by atomic mass is 32.1. The largest absolute Gasteiger partial charge is 0.491 e. The molecule has 3 rings (SSSR count). The molecule has 1 fully saturated rings. The van der Waals surface area contributed by atoms with Gasteiger partial charge in [-0.15, -0.1) is 0 Å². The third kappa shape index (κ3) is 4.17. The van der Waals surface area contributed by atoms with Gasteiger partial charge in [-0.2, -0.15) is 5.26 Å². The molecule has 0 bridgehead atoms. The Balaban J connectivity index is 1.72. The number of benzene rings is 1. The fourth-order valence-corrected chi connectivity index (χ4v) is 3.48. The van der Waals surface area contributed by atoms with Crippen molar-refractivity contribution in [3.05, 3.63) is 46.7 Å². The molecule has 5 nitrogen and oxygen atoms in total. The lowest BCUT2D eigenvalue weighted by atomic mass is 10.2. The summed E-state index contributed by atoms with van der Waals surface area (Å²) in [5.74, 6) is 0.900. The number of nitrogens with one attached hydrogen (secondary N) is 1. The first-order valence-electron chi connectivity index (χ1n) is 8.97. The highest BCUT2D eigenvalue weighted by molar-refractivity contribution is 7.71. The van der Waals surface area contributed by atoms with Gasteiger partial charge in [0.15, 0.2) is 0 Å². The van der Waals surface area contributed by atoms with Crippen LogP contribution in [0.4, 0.5) is 11.4 Å². The molecule has 136 valence electrons. The Morgan fingerprint density at radius 1 is 1.08 bits per heavy atom. The SMILES string of the molecule is CC(C)Oc1ccc(N2CCCN(c3cc[nH]c(=S)c3C#N)CC2)cc1. The van der Waals surface area contributed by atoms with Gasteiger partial charge in [-0.25, -0.2) is 0 Å². The van der Waals surface area contributed by atoms with Crippen molar-refractivity contribution >= 4 is 23.6 Å². The van der Waals surface area contributed by atoms with Crippen LogP contribution in [-0.4, -0.2) is 37.3 Å². The van der Waals surface area contributed by atoms with Gasteiger partial charge in [0.1, 0.15) is 22.0 Å². The van der Waals surface area contributed by atoms with Crippen molar-refractivity contribution in [2.75, 3.05) is 36.0 Å². The predicted octanol–water partition coefficient (Wildman–Crippen LogP) is 4.12. The molecule has 0 radical (unpaired) electrons. The molecule has 1 saturated heterocycles. The van der Waals surface area contributed by atoms with E-state index in [4.69, 9.17) is 17.0 Å². The molecular formula is C20H24N4OS. The molecule has 1 aromatic heterocycles. The molecule has 0 atom stereocenters. The van der Waals surface area contributed by atoms with Crippen LogP contribution in [0.3, 0.4) is 0 Å². The Hall–Kier alpha value is -2.52. The third-order valence-electron chi connectivity index (χ3n) is 4.46. The zero-order valence-corrected chi connectivity index (χ0v) is 16.1. The van der Waals surface area contributed by atoms with E-state index in [1.807, 2.05) is 38.2 Å². The molecule has 0 spiro atoms. The van der Waals surface area contributed by atoms with Gasteiger partial charge >= 0.3 is 0 Å². The number of H-pyrrole nitrogens is 1. The number of hydrogen-bond donors (Lipinski definition) is 1. The zero-order valence-electron chi connectivity index (χ0n) is 15.2. The third-order valence-corrected chi connectivity index (χ3v) is 4.78. The number of aromatic nitrogens is 1. The van der Waals surface area contributed by atoms with E-state index in [1.165, 1.54) is 5.69 Å². The summed E-state index contributed by atoms with van der Waals surface area (Å²) in [5.41, 5.74) is 2.69. The van der Waals surface area contributed by atoms with Gasteiger partial charge in [0.2, 0.25) is 0 Å². The Morgan fingerprint density at radius 3 is 2.46 bits per heavy atom. The zero-order chi connectivity index (χ0) is 18.5. The van der Waals surface area contributed by atoms with Crippen LogP contribution in [0.25, 0.3) is 0 Å². The van der Waals surface area contributed by atoms with Gasteiger partial charge in [0, 0.05) is 38.1 Å². The fraction of sp³-hybridized carbons (Fsp3) is 0.400. The van der Waals surface area contributed by atoms with E-state index in [-0.39, 0.29) is 6.10 Å². The van der Waals surface area contributed by atoms with Gasteiger partial charge in [0.25, 0.3) is 0 Å². The van der Waals surface area contributed by atoms with Crippen LogP contribution in [0, 0.1) is 16.0 Å². The summed E-state index contributed by atoms with van der Waals surface area (Å²) in [5, 5.41) is 9.43. The Kier molecular flexibility index (Phi) is 5.79. The summed E-state index contributed by atoms with van der Waals surface area (Å²) in [6, 6.07) is 12.5. The van der Waals surface area contributed by atoms with Crippen LogP contribution in [-0.2, 0) is 0 Å². The summed E-state index contributed by atoms with van der Waals surface area (Å²) < 4.78 is 6.23. The maximum absolute atomic E-state index is 9.43. The van der Waals surface area contributed by atoms with Gasteiger partial charge in [0.05, 0.1) is 11.8 Å². The lowest BCUT2D eigenvalue weighted by molar-refractivity contribution is 0.242. The van der Waals surface area contributed by atoms with Crippen molar-refractivity contribution in [3.63, 3.8) is 0 Å². The minimum atomic E-state index is 0.180. The maximum Gasteiger partial charge on any atom is 0.123 e. The topological polar surface area (TPSA) is 55.3 Å². The summed E-state index contributed by atoms with van der Waals surface area (Å²) in [7, 11) is 0. The van der Waals surface area contributed by atoms with Gasteiger partial charge in [-0.3, -0.25) is 0 Å². The number of nitrogens with zero attached hydrogens (tertiary/aromatic N) is 3. The highest BCUT2D eigenvalue weighted by Gasteiger charge is 2.18. The van der Waals surface area contributed by atoms with E-state index in [9.17, 15) is 5.26 Å². The van der Waals surface area contributed by atoms with E-state index in [2.05, 4.69) is 33.0 Å². The molecule has 0 aliphatic carbocycles. The summed E-state index contributed by atoms with van der Waals surface area (Å²) >= 11 is 5.26. The molecule has 2 heterocycles. The monoisotopic (exact) mass is 368 g/mol. The molecule has 0 saturated carbocycles. The minimum absolute atomic E-state index is 0.180. The van der Waals surface area contributed by atoms with Crippen LogP contribution in [0.5, 0.6) is 5.75 Å². The molecule has 6 heteroatoms. The van der Waals surface area contributed by atoms with Crippen LogP contribution >= 0.6 is 12.2 Å². The molecular weight excluding hydrogens is 344 g/mol. The van der Waals surface area contributed by atoms with Crippen molar-refractivity contribution < 1.29 is 4.74 Å². The number of anilines is 2. The summed E-state index contributed by atoms with van der Waals surface area (Å²) in [6.07, 6.45) is 3.02. The highest BCUT2D eigenvalue weighted by Crippen LogP contribution is 2.25. The quantitative estimate of drug-likeness (QED) is 0.823. The van der Waals surface area contributed by atoms with Crippen molar-refractivity contribution in [3.8, 4) is 11.8 Å². The number of ether oxygens (including phenoxy) is 1. The van der Waals surface area contributed by atoms with Crippen molar-refractivity contribution in [1.82, 2.24) is 4.98 Å². The number of hydrogen-bond acceptors (Lipinski definition) is 5. The summed E-state index contributed by atoms with van der Waals surface area (Å²) in [4.78, 5) is 7.59. The second-order valence-corrected chi connectivity index (χ2v) is 7.08. The van der Waals surface area contributed by atoms with E-state index < -0.39 is 0 Å². The molecule has 0 unspecified atom stereocenters. The minimum Gasteiger partial charge on any atom is -0.491 e. The van der Waals surface area contributed by atoms with Gasteiger partial charge in [-0.05, 0) is 50.6 Å². The molecule has 2 aromatic rings. The number of pyridine rings is 1. The average Bonchev–Trinajstić information content (AvgIpc) is 2.88. The Morgan fingerprint density at radius 2 is 1.77 bits per heavy atom. The van der Waals surface area contributed by atoms with Crippen molar-refractivity contribution in [1.29, 1.82) is 5.26 Å². The maximum atomic E-state index is 9.43. The molecule has 1 aliphatic rings. The smallest absolute Gasteiger partial charge is 0.123 e. The lowest BCUT2D eigenvalue weighted by Crippen LogP contribution is -2.31. The molecule has 0 amide bonds. The molecule has 1 aromatic carbocycles. The van der Waals surface area contributed by atoms with Crippen LogP contribution < -0.4 is 14.5 Å². The van der Waals surface area contributed by atoms with Crippen LogP contribution in [0.1, 0.15) is 25.8 Å². The van der Waals surface area contributed by atoms with Gasteiger partial charge < -0.3 is 19.5 Å². The first kappa shape index (κ1) is 18.3. The van der Waals surface area contributed by atoms with Crippen LogP contribution in [0.15, 0.2) is 36.5 Å². The van der Waals surface area contributed by atoms with E-state index in [1.54, 1.807) is 0 Å². The molecule has 1 N–H and O–H groups in total. The van der Waals surface area contributed by atoms with E-state index in [0.29, 0.717) is 10.2 Å². The average molecular weight is 369 g/mol. The van der Waals surface area contributed by atoms with E-state index >= 15 is 0 Å². The second kappa shape index (κ2) is 8.24. The predicted molar refractivity (Wildman–Crippen MR) is 108 cm³/mol. The summed E-state index contributed by atoms with van der Waals surface area (Å²) in [6.45, 7) is 7.73. The first-order valence-corrected chi connectivity index (χ1v) is 9.37. The number of rotatable bonds is 4. The van der Waals surface area contributed by atoms with Gasteiger partial charge in [-0.1, -0.05) is 12.2 Å². The molecule has 1 aliphatic heterocycles. The molecule has 26 heavy (non-hydrogen) atoms.